The fourth-order valence-corrected chi connectivity index (χ4v) is 2.99. The van der Waals surface area contributed by atoms with Gasteiger partial charge in [-0.3, -0.25) is 0 Å². The smallest absolute Gasteiger partial charge is 0.0622 e. The summed E-state index contributed by atoms with van der Waals surface area (Å²) in [6.07, 6.45) is 9.46. The molecule has 3 rings (SSSR count). The van der Waals surface area contributed by atoms with Gasteiger partial charge in [0, 0.05) is 42.2 Å². The zero-order valence-corrected chi connectivity index (χ0v) is 11.4. The van der Waals surface area contributed by atoms with E-state index in [0.717, 1.165) is 5.92 Å². The van der Waals surface area contributed by atoms with Crippen molar-refractivity contribution in [2.24, 2.45) is 5.92 Å². The van der Waals surface area contributed by atoms with Crippen LogP contribution in [-0.4, -0.2) is 0 Å². The van der Waals surface area contributed by atoms with Gasteiger partial charge in [0.1, 0.15) is 5.56 Å². The van der Waals surface area contributed by atoms with E-state index >= 15 is 0 Å². The molecule has 0 nitrogen and oxygen atoms in total. The van der Waals surface area contributed by atoms with Crippen LogP contribution in [0.25, 0.3) is 11.1 Å². The summed E-state index contributed by atoms with van der Waals surface area (Å²) in [5.41, 5.74) is 3.99. The second-order valence-corrected chi connectivity index (χ2v) is 5.55. The third-order valence-corrected chi connectivity index (χ3v) is 4.10. The molecule has 1 aliphatic rings. The number of benzene rings is 2. The van der Waals surface area contributed by atoms with E-state index in [9.17, 15) is 0 Å². The van der Waals surface area contributed by atoms with Gasteiger partial charge in [0.25, 0.3) is 0 Å². The summed E-state index contributed by atoms with van der Waals surface area (Å²) < 4.78 is 0. The fraction of sp³-hybridized carbons (Fsp3) is 0.316. The summed E-state index contributed by atoms with van der Waals surface area (Å²) in [5.74, 6) is 0.802. The number of hydrogen-bond acceptors (Lipinski definition) is 0. The van der Waals surface area contributed by atoms with Gasteiger partial charge in [0.15, 0.2) is 0 Å². The predicted molar refractivity (Wildman–Crippen MR) is 81.9 cm³/mol. The highest BCUT2D eigenvalue weighted by molar-refractivity contribution is 5.63. The number of rotatable bonds is 3. The van der Waals surface area contributed by atoms with Crippen molar-refractivity contribution in [2.75, 3.05) is 0 Å². The van der Waals surface area contributed by atoms with Crippen LogP contribution in [0.3, 0.4) is 0 Å². The molecule has 0 unspecified atom stereocenters. The molecule has 2 aromatic carbocycles. The summed E-state index contributed by atoms with van der Waals surface area (Å²) >= 11 is 0. The van der Waals surface area contributed by atoms with Gasteiger partial charge >= 0.3 is 0 Å². The van der Waals surface area contributed by atoms with Gasteiger partial charge in [-0.05, 0) is 18.4 Å². The molecule has 1 aliphatic carbocycles. The Morgan fingerprint density at radius 1 is 0.684 bits per heavy atom. The van der Waals surface area contributed by atoms with Crippen molar-refractivity contribution in [3.63, 3.8) is 0 Å². The Labute approximate surface area is 116 Å². The lowest BCUT2D eigenvalue weighted by Crippen LogP contribution is -2.07. The molecule has 2 aromatic rings. The van der Waals surface area contributed by atoms with Crippen LogP contribution in [0.15, 0.2) is 54.6 Å². The van der Waals surface area contributed by atoms with Gasteiger partial charge in [0.2, 0.25) is 0 Å². The molecule has 0 radical (unpaired) electrons. The summed E-state index contributed by atoms with van der Waals surface area (Å²) in [5, 5.41) is 0. The van der Waals surface area contributed by atoms with E-state index in [1.165, 1.54) is 48.8 Å². The first-order valence-corrected chi connectivity index (χ1v) is 7.42. The first-order valence-electron chi connectivity index (χ1n) is 7.42. The molecule has 1 saturated carbocycles. The monoisotopic (exact) mass is 249 g/mol. The largest absolute Gasteiger partial charge is 0.130 e. The molecule has 0 aromatic heterocycles. The third-order valence-electron chi connectivity index (χ3n) is 4.10. The van der Waals surface area contributed by atoms with E-state index in [2.05, 4.69) is 61.0 Å². The van der Waals surface area contributed by atoms with E-state index in [-0.39, 0.29) is 0 Å². The molecule has 0 atom stereocenters. The zero-order chi connectivity index (χ0) is 12.9. The maximum atomic E-state index is 2.47. The van der Waals surface area contributed by atoms with Gasteiger partial charge in [-0.2, -0.15) is 0 Å². The highest BCUT2D eigenvalue weighted by atomic mass is 14.2. The first kappa shape index (κ1) is 12.3. The lowest BCUT2D eigenvalue weighted by molar-refractivity contribution is 0.403. The first-order chi connectivity index (χ1) is 9.42. The lowest BCUT2D eigenvalue weighted by Gasteiger charge is -2.17. The molecular formula is C19H21+. The predicted octanol–water partition coefficient (Wildman–Crippen LogP) is 5.49. The SMILES string of the molecule is c1ccc(-c2ccc([CH+]C3CCCCC3)cc2)cc1. The van der Waals surface area contributed by atoms with Crippen LogP contribution in [-0.2, 0) is 0 Å². The van der Waals surface area contributed by atoms with E-state index in [0.29, 0.717) is 0 Å². The second kappa shape index (κ2) is 5.97. The van der Waals surface area contributed by atoms with Crippen molar-refractivity contribution >= 4 is 0 Å². The molecule has 19 heavy (non-hydrogen) atoms. The normalized spacial score (nSPS) is 16.2. The van der Waals surface area contributed by atoms with Crippen LogP contribution >= 0.6 is 0 Å². The molecule has 0 N–H and O–H groups in total. The minimum absolute atomic E-state index is 0.802. The molecule has 96 valence electrons. The average Bonchev–Trinajstić information content (AvgIpc) is 2.50. The Morgan fingerprint density at radius 3 is 2.00 bits per heavy atom. The van der Waals surface area contributed by atoms with Gasteiger partial charge in [0.05, 0.1) is 0 Å². The van der Waals surface area contributed by atoms with Crippen molar-refractivity contribution in [1.29, 1.82) is 0 Å². The van der Waals surface area contributed by atoms with Crippen molar-refractivity contribution in [3.8, 4) is 11.1 Å². The van der Waals surface area contributed by atoms with Crippen molar-refractivity contribution < 1.29 is 0 Å². The quantitative estimate of drug-likeness (QED) is 0.631. The van der Waals surface area contributed by atoms with Crippen LogP contribution < -0.4 is 0 Å². The van der Waals surface area contributed by atoms with Crippen molar-refractivity contribution in [1.82, 2.24) is 0 Å². The van der Waals surface area contributed by atoms with Crippen LogP contribution in [0.2, 0.25) is 0 Å². The highest BCUT2D eigenvalue weighted by Gasteiger charge is 2.18. The Balaban J connectivity index is 1.68. The van der Waals surface area contributed by atoms with Crippen LogP contribution in [0.4, 0.5) is 0 Å². The fourth-order valence-electron chi connectivity index (χ4n) is 2.99. The molecule has 0 amide bonds. The average molecular weight is 249 g/mol. The molecule has 0 heterocycles. The van der Waals surface area contributed by atoms with Crippen molar-refractivity contribution in [3.05, 3.63) is 66.6 Å². The van der Waals surface area contributed by atoms with Crippen LogP contribution in [0.1, 0.15) is 37.7 Å². The summed E-state index contributed by atoms with van der Waals surface area (Å²) in [7, 11) is 0. The van der Waals surface area contributed by atoms with Crippen LogP contribution in [0.5, 0.6) is 0 Å². The Bertz CT molecular complexity index is 489. The molecule has 0 heteroatoms. The topological polar surface area (TPSA) is 0 Å². The van der Waals surface area contributed by atoms with Gasteiger partial charge in [-0.25, -0.2) is 0 Å². The maximum Gasteiger partial charge on any atom is 0.130 e. The van der Waals surface area contributed by atoms with Gasteiger partial charge in [-0.15, -0.1) is 0 Å². The Kier molecular flexibility index (Phi) is 3.88. The van der Waals surface area contributed by atoms with E-state index in [1.807, 2.05) is 0 Å². The molecular weight excluding hydrogens is 228 g/mol. The zero-order valence-electron chi connectivity index (χ0n) is 11.4. The van der Waals surface area contributed by atoms with Crippen LogP contribution in [0, 0.1) is 12.3 Å². The molecule has 0 bridgehead atoms. The third kappa shape index (κ3) is 3.20. The molecule has 1 fully saturated rings. The Hall–Kier alpha value is -1.69. The van der Waals surface area contributed by atoms with E-state index in [4.69, 9.17) is 0 Å². The second-order valence-electron chi connectivity index (χ2n) is 5.55. The lowest BCUT2D eigenvalue weighted by atomic mass is 9.84. The molecule has 0 saturated heterocycles. The summed E-state index contributed by atoms with van der Waals surface area (Å²) in [4.78, 5) is 0. The maximum absolute atomic E-state index is 2.47. The van der Waals surface area contributed by atoms with Crippen molar-refractivity contribution in [2.45, 2.75) is 32.1 Å². The molecule has 0 spiro atoms. The highest BCUT2D eigenvalue weighted by Crippen LogP contribution is 2.29. The molecule has 0 aliphatic heterocycles. The Morgan fingerprint density at radius 2 is 1.32 bits per heavy atom. The van der Waals surface area contributed by atoms with E-state index < -0.39 is 0 Å². The van der Waals surface area contributed by atoms with Gasteiger partial charge < -0.3 is 0 Å². The standard InChI is InChI=1S/C19H21/c1-3-7-16(8-4-1)15-17-11-13-19(14-12-17)18-9-5-2-6-10-18/h2,5-6,9-16H,1,3-4,7-8H2/q+1. The van der Waals surface area contributed by atoms with E-state index in [1.54, 1.807) is 0 Å². The summed E-state index contributed by atoms with van der Waals surface area (Å²) in [6.45, 7) is 0. The van der Waals surface area contributed by atoms with Gasteiger partial charge in [-0.1, -0.05) is 49.6 Å². The minimum atomic E-state index is 0.802. The summed E-state index contributed by atoms with van der Waals surface area (Å²) in [6, 6.07) is 19.6. The minimum Gasteiger partial charge on any atom is -0.0622 e. The number of hydrogen-bond donors (Lipinski definition) is 0.